The molecule has 0 aliphatic carbocycles. The van der Waals surface area contributed by atoms with E-state index in [2.05, 4.69) is 15.3 Å². The van der Waals surface area contributed by atoms with Gasteiger partial charge in [0.1, 0.15) is 6.04 Å². The van der Waals surface area contributed by atoms with Crippen LogP contribution in [0.15, 0.2) is 215 Å². The number of aromatic hydroxyl groups is 3. The zero-order chi connectivity index (χ0) is 63.3. The van der Waals surface area contributed by atoms with Gasteiger partial charge in [0.2, 0.25) is 16.3 Å². The third-order valence-electron chi connectivity index (χ3n) is 15.2. The molecule has 0 radical (unpaired) electrons. The Hall–Kier alpha value is -11.2. The zero-order valence-corrected chi connectivity index (χ0v) is 48.5. The second-order valence-corrected chi connectivity index (χ2v) is 21.0. The van der Waals surface area contributed by atoms with Crippen molar-refractivity contribution in [1.82, 2.24) is 44.0 Å². The van der Waals surface area contributed by atoms with Gasteiger partial charge in [-0.2, -0.15) is 28.5 Å². The van der Waals surface area contributed by atoms with Gasteiger partial charge in [-0.05, 0) is 61.1 Å². The molecule has 12 rings (SSSR count). The van der Waals surface area contributed by atoms with Crippen molar-refractivity contribution in [2.75, 3.05) is 26.2 Å². The molecule has 18 nitrogen and oxygen atoms in total. The summed E-state index contributed by atoms with van der Waals surface area (Å²) in [4.78, 5) is 78.6. The van der Waals surface area contributed by atoms with Gasteiger partial charge in [0.05, 0.1) is 55.3 Å². The Labute approximate surface area is 529 Å². The highest BCUT2D eigenvalue weighted by Crippen LogP contribution is 2.39. The van der Waals surface area contributed by atoms with E-state index in [1.165, 1.54) is 9.36 Å². The molecule has 3 aliphatic heterocycles. The van der Waals surface area contributed by atoms with Gasteiger partial charge in [-0.25, -0.2) is 14.0 Å². The largest absolute Gasteiger partial charge is 0.502 e. The van der Waals surface area contributed by atoms with Crippen LogP contribution in [0.1, 0.15) is 115 Å². The predicted octanol–water partition coefficient (Wildman–Crippen LogP) is 11.8. The molecule has 1 unspecified atom stereocenters. The third kappa shape index (κ3) is 13.5. The Kier molecular flexibility index (Phi) is 21.5. The third-order valence-corrected chi connectivity index (χ3v) is 15.2. The number of carbonyl (C=O) groups is 3. The number of aromatic nitrogens is 6. The predicted molar refractivity (Wildman–Crippen MR) is 350 cm³/mol. The number of amides is 3. The molecule has 21 heteroatoms. The van der Waals surface area contributed by atoms with E-state index in [9.17, 15) is 57.3 Å². The summed E-state index contributed by atoms with van der Waals surface area (Å²) in [6.07, 6.45) is -1.78. The van der Waals surface area contributed by atoms with E-state index in [1.54, 1.807) is 70.5 Å². The van der Waals surface area contributed by atoms with Crippen LogP contribution in [0, 0.1) is 0 Å². The van der Waals surface area contributed by atoms with E-state index in [4.69, 9.17) is 0 Å². The molecule has 3 N–H and O–H groups in total. The Balaban J connectivity index is 0.000000193. The molecule has 0 bridgehead atoms. The van der Waals surface area contributed by atoms with Crippen LogP contribution in [0.5, 0.6) is 17.2 Å². The molecule has 3 amide bonds. The van der Waals surface area contributed by atoms with Gasteiger partial charge in [-0.15, -0.1) is 0 Å². The molecular weight excluding hydrogens is 1180 g/mol. The number of benzene rings is 6. The van der Waals surface area contributed by atoms with Crippen LogP contribution in [0.4, 0.5) is 13.2 Å². The average molecular weight is 1250 g/mol. The highest BCUT2D eigenvalue weighted by atomic mass is 19.4. The molecule has 0 spiro atoms. The molecule has 0 saturated carbocycles. The fourth-order valence-corrected chi connectivity index (χ4v) is 10.7. The van der Waals surface area contributed by atoms with Gasteiger partial charge >= 0.3 is 6.18 Å². The fourth-order valence-electron chi connectivity index (χ4n) is 10.7. The summed E-state index contributed by atoms with van der Waals surface area (Å²) < 4.78 is 44.6. The minimum Gasteiger partial charge on any atom is -0.502 e. The van der Waals surface area contributed by atoms with Crippen molar-refractivity contribution >= 4 is 51.5 Å². The number of nitrogens with zero attached hydrogens (tertiary/aromatic N) is 9. The van der Waals surface area contributed by atoms with Gasteiger partial charge < -0.3 is 30.0 Å². The Morgan fingerprint density at radius 1 is 0.413 bits per heavy atom. The molecule has 0 saturated heterocycles. The van der Waals surface area contributed by atoms with Crippen LogP contribution < -0.4 is 16.3 Å². The first kappa shape index (κ1) is 68.3. The SMILES string of the molecule is C.C.C.CC(C)N1CC(=C(c2ccccc2)c2ccccc2)n2ncc(=O)c(O)c2C1=O.CC(N1CC(=C(c2ccccc2)c2ccccc2)n2ncc(=O)c(O)c2C1=O)C(F)(F)F.CCN1CC(=C(c2ccccc2)c2ccccc2)n2ncc(=O)c(O)c2C1=O. The molecular formula is C71H70F3N9O9. The maximum atomic E-state index is 13.6. The van der Waals surface area contributed by atoms with Gasteiger partial charge in [-0.3, -0.25) is 28.8 Å². The van der Waals surface area contributed by atoms with Crippen LogP contribution in [0.2, 0.25) is 0 Å². The summed E-state index contributed by atoms with van der Waals surface area (Å²) in [6, 6.07) is 54.8. The van der Waals surface area contributed by atoms with Gasteiger partial charge in [0.25, 0.3) is 17.7 Å². The highest BCUT2D eigenvalue weighted by molar-refractivity contribution is 6.05. The molecule has 6 heterocycles. The topological polar surface area (TPSA) is 226 Å². The maximum absolute atomic E-state index is 13.6. The number of hydrogen-bond donors (Lipinski definition) is 3. The minimum atomic E-state index is -4.71. The number of rotatable bonds is 9. The summed E-state index contributed by atoms with van der Waals surface area (Å²) in [5.41, 5.74) is 6.07. The van der Waals surface area contributed by atoms with Crippen LogP contribution in [-0.4, -0.2) is 122 Å². The number of halogens is 3. The van der Waals surface area contributed by atoms with Crippen molar-refractivity contribution in [2.24, 2.45) is 0 Å². The molecule has 3 aliphatic rings. The Bertz CT molecular complexity index is 4300. The quantitative estimate of drug-likeness (QED) is 0.123. The van der Waals surface area contributed by atoms with E-state index >= 15 is 0 Å². The van der Waals surface area contributed by atoms with E-state index in [1.807, 2.05) is 142 Å². The summed E-state index contributed by atoms with van der Waals surface area (Å²) >= 11 is 0. The smallest absolute Gasteiger partial charge is 0.408 e. The first-order valence-electron chi connectivity index (χ1n) is 28.2. The fraction of sp³-hybridized carbons (Fsp3) is 0.197. The Morgan fingerprint density at radius 3 is 0.924 bits per heavy atom. The van der Waals surface area contributed by atoms with Crippen LogP contribution >= 0.6 is 0 Å². The second-order valence-electron chi connectivity index (χ2n) is 21.0. The van der Waals surface area contributed by atoms with Crippen molar-refractivity contribution in [2.45, 2.75) is 68.2 Å². The van der Waals surface area contributed by atoms with Crippen molar-refractivity contribution in [3.63, 3.8) is 0 Å². The molecule has 474 valence electrons. The monoisotopic (exact) mass is 1250 g/mol. The lowest BCUT2D eigenvalue weighted by molar-refractivity contribution is -0.171. The second kappa shape index (κ2) is 28.9. The summed E-state index contributed by atoms with van der Waals surface area (Å²) in [5, 5.41) is 43.5. The van der Waals surface area contributed by atoms with E-state index in [-0.39, 0.29) is 45.4 Å². The highest BCUT2D eigenvalue weighted by Gasteiger charge is 2.46. The average Bonchev–Trinajstić information content (AvgIpc) is 0.781. The number of alkyl halides is 3. The van der Waals surface area contributed by atoms with Crippen molar-refractivity contribution in [3.8, 4) is 17.2 Å². The maximum Gasteiger partial charge on any atom is 0.408 e. The number of hydrogen-bond acceptors (Lipinski definition) is 12. The van der Waals surface area contributed by atoms with Gasteiger partial charge in [-0.1, -0.05) is 204 Å². The Morgan fingerprint density at radius 2 is 0.663 bits per heavy atom. The summed E-state index contributed by atoms with van der Waals surface area (Å²) in [7, 11) is 0. The van der Waals surface area contributed by atoms with E-state index in [0.717, 1.165) is 75.0 Å². The van der Waals surface area contributed by atoms with Gasteiger partial charge in [0, 0.05) is 29.3 Å². The van der Waals surface area contributed by atoms with Crippen LogP contribution in [0.3, 0.4) is 0 Å². The molecule has 92 heavy (non-hydrogen) atoms. The normalized spacial score (nSPS) is 13.5. The number of likely N-dealkylation sites (N-methyl/N-ethyl adjacent to an activating group) is 1. The van der Waals surface area contributed by atoms with Crippen molar-refractivity contribution in [1.29, 1.82) is 0 Å². The molecule has 3 aromatic heterocycles. The minimum absolute atomic E-state index is 0. The van der Waals surface area contributed by atoms with Crippen molar-refractivity contribution < 1.29 is 42.9 Å². The van der Waals surface area contributed by atoms with Crippen LogP contribution in [0.25, 0.3) is 33.8 Å². The number of carbonyl (C=O) groups excluding carboxylic acids is 3. The van der Waals surface area contributed by atoms with Crippen LogP contribution in [-0.2, 0) is 0 Å². The van der Waals surface area contributed by atoms with Gasteiger partial charge in [0.15, 0.2) is 34.3 Å². The lowest BCUT2D eigenvalue weighted by atomic mass is 9.94. The summed E-state index contributed by atoms with van der Waals surface area (Å²) in [6.45, 7) is 7.17. The first-order chi connectivity index (χ1) is 42.8. The van der Waals surface area contributed by atoms with E-state index in [0.29, 0.717) is 41.2 Å². The summed E-state index contributed by atoms with van der Waals surface area (Å²) in [5.74, 6) is -4.03. The zero-order valence-electron chi connectivity index (χ0n) is 48.5. The first-order valence-corrected chi connectivity index (χ1v) is 28.2. The lowest BCUT2D eigenvalue weighted by Crippen LogP contribution is -2.51. The molecule has 9 aromatic rings. The van der Waals surface area contributed by atoms with E-state index < -0.39 is 75.7 Å². The lowest BCUT2D eigenvalue weighted by Gasteiger charge is -2.37. The number of fused-ring (bicyclic) bond motifs is 3. The molecule has 1 atom stereocenters. The van der Waals surface area contributed by atoms with Crippen molar-refractivity contribution in [3.05, 3.63) is 282 Å². The molecule has 6 aromatic carbocycles. The standard InChI is InChI=1S/C23H18F3N3O3.C23H21N3O3.C22H19N3O3.3CH4/c1-14(23(24,25)26)28-13-17(29-20(22(28)32)21(31)18(30)12-27-29)19(15-8-4-2-5-9-15)16-10-6-3-7-11-16;1-15(2)25-14-18(26-21(23(25)29)22(28)19(27)13-24-26)20(16-9-5-3-6-10-16)17-11-7-4-8-12-17;1-2-24-14-17(25-20(22(24)28)21(27)18(26)13-23-25)19(15-9-5-3-6-10-15)16-11-7-4-8-12-16;;;/h2-12,14,31H,13H2,1H3;3-13,15,28H,14H2,1-2H3;3-13,27H,2,14H2,1H3;3*1H4. The molecule has 0 fully saturated rings.